The zero-order valence-corrected chi connectivity index (χ0v) is 14.3. The largest absolute Gasteiger partial charge is 0.508 e. The number of phenolic OH excluding ortho intramolecular Hbond substituents is 1. The molecule has 3 N–H and O–H groups in total. The Labute approximate surface area is 158 Å². The standard InChI is InChI=1S/C18H14N4O6/c23-14-7-1-11(2-8-14)9-15-17(25)21(18(26)20-15)10-16(24)19-12-3-5-13(6-4-12)22(27)28/h1-9,23H,10H2,(H,19,24)(H,20,26)/b15-9-. The lowest BCUT2D eigenvalue weighted by atomic mass is 10.2. The van der Waals surface area contributed by atoms with E-state index in [1.165, 1.54) is 42.5 Å². The van der Waals surface area contributed by atoms with Crippen LogP contribution in [0.2, 0.25) is 0 Å². The maximum absolute atomic E-state index is 12.4. The van der Waals surface area contributed by atoms with Crippen LogP contribution in [0, 0.1) is 10.1 Å². The van der Waals surface area contributed by atoms with E-state index >= 15 is 0 Å². The van der Waals surface area contributed by atoms with Crippen LogP contribution in [0.4, 0.5) is 16.2 Å². The summed E-state index contributed by atoms with van der Waals surface area (Å²) in [6.45, 7) is -0.519. The first kappa shape index (κ1) is 18.6. The number of amides is 4. The number of aromatic hydroxyl groups is 1. The minimum atomic E-state index is -0.742. The van der Waals surface area contributed by atoms with Gasteiger partial charge in [0.05, 0.1) is 4.92 Å². The number of benzene rings is 2. The molecule has 0 aromatic heterocycles. The van der Waals surface area contributed by atoms with E-state index in [2.05, 4.69) is 10.6 Å². The summed E-state index contributed by atoms with van der Waals surface area (Å²) in [4.78, 5) is 47.3. The van der Waals surface area contributed by atoms with Gasteiger partial charge in [-0.2, -0.15) is 0 Å². The van der Waals surface area contributed by atoms with Crippen molar-refractivity contribution in [3.05, 3.63) is 69.9 Å². The van der Waals surface area contributed by atoms with Gasteiger partial charge in [0.1, 0.15) is 18.0 Å². The molecule has 1 saturated heterocycles. The van der Waals surface area contributed by atoms with Crippen molar-refractivity contribution in [1.29, 1.82) is 0 Å². The Bertz CT molecular complexity index is 982. The fourth-order valence-electron chi connectivity index (χ4n) is 2.46. The maximum atomic E-state index is 12.4. The first-order valence-electron chi connectivity index (χ1n) is 8.01. The lowest BCUT2D eigenvalue weighted by Gasteiger charge is -2.11. The van der Waals surface area contributed by atoms with Crippen molar-refractivity contribution in [2.24, 2.45) is 0 Å². The molecule has 10 heteroatoms. The van der Waals surface area contributed by atoms with Gasteiger partial charge in [0, 0.05) is 17.8 Å². The third-order valence-corrected chi connectivity index (χ3v) is 3.83. The number of imide groups is 1. The lowest BCUT2D eigenvalue weighted by Crippen LogP contribution is -2.38. The molecule has 10 nitrogen and oxygen atoms in total. The molecule has 0 radical (unpaired) electrons. The maximum Gasteiger partial charge on any atom is 0.329 e. The summed E-state index contributed by atoms with van der Waals surface area (Å²) in [5, 5.41) is 24.8. The second-order valence-corrected chi connectivity index (χ2v) is 5.82. The summed E-state index contributed by atoms with van der Waals surface area (Å²) >= 11 is 0. The van der Waals surface area contributed by atoms with E-state index in [-0.39, 0.29) is 17.1 Å². The molecule has 1 aliphatic rings. The van der Waals surface area contributed by atoms with E-state index in [0.717, 1.165) is 4.90 Å². The fourth-order valence-corrected chi connectivity index (χ4v) is 2.46. The minimum absolute atomic E-state index is 0.00109. The summed E-state index contributed by atoms with van der Waals surface area (Å²) in [7, 11) is 0. The van der Waals surface area contributed by atoms with Crippen LogP contribution in [-0.2, 0) is 9.59 Å². The Morgan fingerprint density at radius 2 is 1.79 bits per heavy atom. The summed E-state index contributed by atoms with van der Waals surface area (Å²) in [5.74, 6) is -1.24. The monoisotopic (exact) mass is 382 g/mol. The Morgan fingerprint density at radius 1 is 1.14 bits per heavy atom. The first-order chi connectivity index (χ1) is 13.3. The number of carbonyl (C=O) groups is 3. The zero-order valence-electron chi connectivity index (χ0n) is 14.3. The zero-order chi connectivity index (χ0) is 20.3. The van der Waals surface area contributed by atoms with Crippen molar-refractivity contribution in [3.63, 3.8) is 0 Å². The van der Waals surface area contributed by atoms with Crippen molar-refractivity contribution in [1.82, 2.24) is 10.2 Å². The van der Waals surface area contributed by atoms with Crippen molar-refractivity contribution in [3.8, 4) is 5.75 Å². The molecule has 0 aliphatic carbocycles. The third-order valence-electron chi connectivity index (χ3n) is 3.83. The van der Waals surface area contributed by atoms with Gasteiger partial charge in [-0.05, 0) is 35.9 Å². The van der Waals surface area contributed by atoms with E-state index in [4.69, 9.17) is 0 Å². The van der Waals surface area contributed by atoms with E-state index in [1.54, 1.807) is 12.1 Å². The van der Waals surface area contributed by atoms with Crippen LogP contribution in [-0.4, -0.2) is 39.3 Å². The van der Waals surface area contributed by atoms with Crippen molar-refractivity contribution in [2.75, 3.05) is 11.9 Å². The number of nitrogens with one attached hydrogen (secondary N) is 2. The van der Waals surface area contributed by atoms with Crippen LogP contribution < -0.4 is 10.6 Å². The number of non-ortho nitro benzene ring substituents is 1. The van der Waals surface area contributed by atoms with Crippen molar-refractivity contribution >= 4 is 35.3 Å². The number of hydrogen-bond acceptors (Lipinski definition) is 6. The molecule has 1 aliphatic heterocycles. The van der Waals surface area contributed by atoms with Crippen molar-refractivity contribution in [2.45, 2.75) is 0 Å². The summed E-state index contributed by atoms with van der Waals surface area (Å²) < 4.78 is 0. The van der Waals surface area contributed by atoms with E-state index < -0.39 is 29.3 Å². The highest BCUT2D eigenvalue weighted by molar-refractivity contribution is 6.15. The average molecular weight is 382 g/mol. The summed E-state index contributed by atoms with van der Waals surface area (Å²) in [6.07, 6.45) is 1.42. The van der Waals surface area contributed by atoms with Gasteiger partial charge in [0.25, 0.3) is 11.6 Å². The first-order valence-corrected chi connectivity index (χ1v) is 8.01. The number of carbonyl (C=O) groups excluding carboxylic acids is 3. The topological polar surface area (TPSA) is 142 Å². The van der Waals surface area contributed by atoms with Gasteiger partial charge in [-0.15, -0.1) is 0 Å². The van der Waals surface area contributed by atoms with Gasteiger partial charge in [-0.25, -0.2) is 9.69 Å². The number of hydrogen-bond donors (Lipinski definition) is 3. The molecule has 0 spiro atoms. The summed E-state index contributed by atoms with van der Waals surface area (Å²) in [5.41, 5.74) is 0.746. The van der Waals surface area contributed by atoms with E-state index in [0.29, 0.717) is 11.3 Å². The highest BCUT2D eigenvalue weighted by Gasteiger charge is 2.34. The molecule has 0 saturated carbocycles. The number of nitro groups is 1. The van der Waals surface area contributed by atoms with Gasteiger partial charge in [-0.1, -0.05) is 12.1 Å². The Morgan fingerprint density at radius 3 is 2.39 bits per heavy atom. The van der Waals surface area contributed by atoms with Gasteiger partial charge >= 0.3 is 6.03 Å². The highest BCUT2D eigenvalue weighted by atomic mass is 16.6. The normalized spacial score (nSPS) is 14.9. The SMILES string of the molecule is O=C(CN1C(=O)N/C(=C\c2ccc(O)cc2)C1=O)Nc1ccc([N+](=O)[O-])cc1. The molecule has 1 heterocycles. The Kier molecular flexibility index (Phi) is 5.03. The van der Waals surface area contributed by atoms with E-state index in [9.17, 15) is 29.6 Å². The van der Waals surface area contributed by atoms with Crippen LogP contribution in [0.3, 0.4) is 0 Å². The Balaban J connectivity index is 1.65. The molecular weight excluding hydrogens is 368 g/mol. The Hall–Kier alpha value is -4.21. The number of nitrogens with zero attached hydrogens (tertiary/aromatic N) is 2. The number of nitro benzene ring substituents is 1. The molecule has 2 aromatic rings. The number of rotatable bonds is 5. The molecule has 28 heavy (non-hydrogen) atoms. The van der Waals surface area contributed by atoms with Gasteiger partial charge < -0.3 is 15.7 Å². The predicted octanol–water partition coefficient (Wildman–Crippen LogP) is 1.83. The van der Waals surface area contributed by atoms with Crippen LogP contribution >= 0.6 is 0 Å². The molecule has 142 valence electrons. The van der Waals surface area contributed by atoms with Gasteiger partial charge in [-0.3, -0.25) is 19.7 Å². The summed E-state index contributed by atoms with van der Waals surface area (Å²) in [6, 6.07) is 10.4. The van der Waals surface area contributed by atoms with Crippen LogP contribution in [0.25, 0.3) is 6.08 Å². The molecular formula is C18H14N4O6. The second-order valence-electron chi connectivity index (χ2n) is 5.82. The third kappa shape index (κ3) is 4.12. The number of phenols is 1. The molecule has 3 rings (SSSR count). The number of urea groups is 1. The quantitative estimate of drug-likeness (QED) is 0.312. The molecule has 0 bridgehead atoms. The number of anilines is 1. The molecule has 4 amide bonds. The average Bonchev–Trinajstić information content (AvgIpc) is 2.91. The van der Waals surface area contributed by atoms with Crippen molar-refractivity contribution < 1.29 is 24.4 Å². The van der Waals surface area contributed by atoms with Gasteiger partial charge in [0.15, 0.2) is 0 Å². The highest BCUT2D eigenvalue weighted by Crippen LogP contribution is 2.18. The fraction of sp³-hybridized carbons (Fsp3) is 0.0556. The molecule has 0 unspecified atom stereocenters. The van der Waals surface area contributed by atoms with Crippen LogP contribution in [0.5, 0.6) is 5.75 Å². The lowest BCUT2D eigenvalue weighted by molar-refractivity contribution is -0.384. The van der Waals surface area contributed by atoms with Crippen LogP contribution in [0.1, 0.15) is 5.56 Å². The second kappa shape index (κ2) is 7.58. The predicted molar refractivity (Wildman–Crippen MR) is 98.1 cm³/mol. The minimum Gasteiger partial charge on any atom is -0.508 e. The molecule has 0 atom stereocenters. The van der Waals surface area contributed by atoms with Crippen LogP contribution in [0.15, 0.2) is 54.2 Å². The smallest absolute Gasteiger partial charge is 0.329 e. The molecule has 1 fully saturated rings. The van der Waals surface area contributed by atoms with E-state index in [1.807, 2.05) is 0 Å². The molecule has 2 aromatic carbocycles. The van der Waals surface area contributed by atoms with Gasteiger partial charge in [0.2, 0.25) is 5.91 Å².